The van der Waals surface area contributed by atoms with Crippen molar-refractivity contribution in [2.24, 2.45) is 0 Å². The first-order chi connectivity index (χ1) is 6.13. The van der Waals surface area contributed by atoms with Crippen molar-refractivity contribution in [2.75, 3.05) is 0 Å². The van der Waals surface area contributed by atoms with Gasteiger partial charge in [-0.2, -0.15) is 13.2 Å². The monoisotopic (exact) mass is 236 g/mol. The Morgan fingerprint density at radius 2 is 1.71 bits per heavy atom. The van der Waals surface area contributed by atoms with Gasteiger partial charge in [0.1, 0.15) is 0 Å². The van der Waals surface area contributed by atoms with Crippen LogP contribution in [-0.4, -0.2) is 23.2 Å². The van der Waals surface area contributed by atoms with Gasteiger partial charge in [-0.1, -0.05) is 18.5 Å². The summed E-state index contributed by atoms with van der Waals surface area (Å²) < 4.78 is 51.1. The van der Waals surface area contributed by atoms with Crippen LogP contribution in [0.1, 0.15) is 13.3 Å². The minimum atomic E-state index is -5.63. The molecule has 14 heavy (non-hydrogen) atoms. The highest BCUT2D eigenvalue weighted by Crippen LogP contribution is 2.38. The van der Waals surface area contributed by atoms with E-state index in [1.165, 1.54) is 6.92 Å². The van der Waals surface area contributed by atoms with Crippen molar-refractivity contribution in [3.05, 3.63) is 0 Å². The number of rotatable bonds is 2. The SMILES string of the molecule is CCC(=O)OC(=O)C(F)(Cl)C(F)(F)F. The van der Waals surface area contributed by atoms with Crippen molar-refractivity contribution in [3.8, 4) is 0 Å². The minimum Gasteiger partial charge on any atom is -0.390 e. The molecule has 0 amide bonds. The Labute approximate surface area is 81.0 Å². The zero-order valence-electron chi connectivity index (χ0n) is 6.82. The van der Waals surface area contributed by atoms with E-state index in [-0.39, 0.29) is 6.42 Å². The Hall–Kier alpha value is -0.850. The van der Waals surface area contributed by atoms with Crippen molar-refractivity contribution in [2.45, 2.75) is 24.6 Å². The summed E-state index contributed by atoms with van der Waals surface area (Å²) in [7, 11) is 0. The third kappa shape index (κ3) is 2.83. The van der Waals surface area contributed by atoms with Gasteiger partial charge >= 0.3 is 23.2 Å². The molecule has 82 valence electrons. The fourth-order valence-corrected chi connectivity index (χ4v) is 0.394. The highest BCUT2D eigenvalue weighted by molar-refractivity contribution is 6.33. The number of ether oxygens (including phenoxy) is 1. The van der Waals surface area contributed by atoms with Crippen LogP contribution in [0.5, 0.6) is 0 Å². The van der Waals surface area contributed by atoms with E-state index in [4.69, 9.17) is 0 Å². The van der Waals surface area contributed by atoms with E-state index < -0.39 is 23.2 Å². The lowest BCUT2D eigenvalue weighted by molar-refractivity contribution is -0.214. The van der Waals surface area contributed by atoms with E-state index in [1.54, 1.807) is 0 Å². The quantitative estimate of drug-likeness (QED) is 0.318. The van der Waals surface area contributed by atoms with E-state index in [0.717, 1.165) is 0 Å². The number of hydrogen-bond donors (Lipinski definition) is 0. The van der Waals surface area contributed by atoms with Crippen LogP contribution in [-0.2, 0) is 14.3 Å². The second-order valence-electron chi connectivity index (χ2n) is 2.19. The molecule has 0 spiro atoms. The summed E-state index contributed by atoms with van der Waals surface area (Å²) in [5, 5.41) is -4.68. The first-order valence-electron chi connectivity index (χ1n) is 3.32. The summed E-state index contributed by atoms with van der Waals surface area (Å²) in [6.07, 6.45) is -5.99. The first-order valence-corrected chi connectivity index (χ1v) is 3.70. The van der Waals surface area contributed by atoms with Gasteiger partial charge in [-0.3, -0.25) is 4.79 Å². The van der Waals surface area contributed by atoms with Crippen LogP contribution >= 0.6 is 11.6 Å². The number of carbonyl (C=O) groups excluding carboxylic acids is 2. The molecule has 0 aromatic rings. The van der Waals surface area contributed by atoms with Gasteiger partial charge in [-0.25, -0.2) is 9.18 Å². The second kappa shape index (κ2) is 4.12. The van der Waals surface area contributed by atoms with E-state index in [0.29, 0.717) is 0 Å². The van der Waals surface area contributed by atoms with Gasteiger partial charge < -0.3 is 4.74 Å². The number of carbonyl (C=O) groups is 2. The number of alkyl halides is 5. The average molecular weight is 237 g/mol. The van der Waals surface area contributed by atoms with Crippen molar-refractivity contribution < 1.29 is 31.9 Å². The Kier molecular flexibility index (Phi) is 3.87. The summed E-state index contributed by atoms with van der Waals surface area (Å²) in [4.78, 5) is 20.8. The Morgan fingerprint density at radius 3 is 2.00 bits per heavy atom. The molecule has 0 aliphatic rings. The topological polar surface area (TPSA) is 43.4 Å². The van der Waals surface area contributed by atoms with Crippen molar-refractivity contribution >= 4 is 23.5 Å². The molecule has 0 aromatic heterocycles. The molecule has 0 aliphatic heterocycles. The molecule has 0 saturated heterocycles. The highest BCUT2D eigenvalue weighted by atomic mass is 35.5. The molecule has 1 atom stereocenters. The summed E-state index contributed by atoms with van der Waals surface area (Å²) in [5.74, 6) is -3.76. The van der Waals surface area contributed by atoms with Gasteiger partial charge in [0.25, 0.3) is 0 Å². The molecule has 8 heteroatoms. The smallest absolute Gasteiger partial charge is 0.390 e. The third-order valence-corrected chi connectivity index (χ3v) is 1.48. The van der Waals surface area contributed by atoms with Crippen LogP contribution in [0.3, 0.4) is 0 Å². The summed E-state index contributed by atoms with van der Waals surface area (Å²) in [5.41, 5.74) is 0. The second-order valence-corrected chi connectivity index (χ2v) is 2.71. The first kappa shape index (κ1) is 13.2. The van der Waals surface area contributed by atoms with E-state index in [1.807, 2.05) is 0 Å². The van der Waals surface area contributed by atoms with Crippen LogP contribution < -0.4 is 0 Å². The predicted octanol–water partition coefficient (Wildman–Crippen LogP) is 1.93. The summed E-state index contributed by atoms with van der Waals surface area (Å²) in [6, 6.07) is 0. The maximum Gasteiger partial charge on any atom is 0.448 e. The van der Waals surface area contributed by atoms with E-state index in [9.17, 15) is 27.2 Å². The normalized spacial score (nSPS) is 15.9. The lowest BCUT2D eigenvalue weighted by Crippen LogP contribution is -2.44. The molecule has 0 heterocycles. The molecule has 0 fully saturated rings. The standard InChI is InChI=1S/C6H5ClF4O3/c1-2-3(12)14-4(13)5(7,8)6(9,10)11/h2H2,1H3. The van der Waals surface area contributed by atoms with Crippen molar-refractivity contribution in [1.29, 1.82) is 0 Å². The largest absolute Gasteiger partial charge is 0.448 e. The number of esters is 2. The fourth-order valence-electron chi connectivity index (χ4n) is 0.355. The Morgan fingerprint density at radius 1 is 1.29 bits per heavy atom. The Balaban J connectivity index is 4.61. The van der Waals surface area contributed by atoms with Crippen LogP contribution in [0.25, 0.3) is 0 Å². The molecular weight excluding hydrogens is 232 g/mol. The van der Waals surface area contributed by atoms with Crippen molar-refractivity contribution in [3.63, 3.8) is 0 Å². The lowest BCUT2D eigenvalue weighted by atomic mass is 10.3. The van der Waals surface area contributed by atoms with Gasteiger partial charge in [0.2, 0.25) is 0 Å². The molecule has 0 aromatic carbocycles. The van der Waals surface area contributed by atoms with Gasteiger partial charge in [-0.15, -0.1) is 0 Å². The summed E-state index contributed by atoms with van der Waals surface area (Å²) >= 11 is 4.25. The lowest BCUT2D eigenvalue weighted by Gasteiger charge is -2.18. The van der Waals surface area contributed by atoms with E-state index >= 15 is 0 Å². The molecule has 0 radical (unpaired) electrons. The molecule has 0 bridgehead atoms. The molecule has 0 rings (SSSR count). The van der Waals surface area contributed by atoms with Gasteiger partial charge in [0, 0.05) is 6.42 Å². The molecular formula is C6H5ClF4O3. The number of hydrogen-bond acceptors (Lipinski definition) is 3. The molecule has 1 unspecified atom stereocenters. The zero-order valence-corrected chi connectivity index (χ0v) is 7.58. The van der Waals surface area contributed by atoms with Crippen LogP contribution in [0.15, 0.2) is 0 Å². The maximum absolute atomic E-state index is 12.5. The molecule has 3 nitrogen and oxygen atoms in total. The molecule has 0 aliphatic carbocycles. The van der Waals surface area contributed by atoms with Gasteiger partial charge in [0.05, 0.1) is 0 Å². The van der Waals surface area contributed by atoms with Crippen LogP contribution in [0.4, 0.5) is 17.6 Å². The summed E-state index contributed by atoms with van der Waals surface area (Å²) in [6.45, 7) is 1.22. The van der Waals surface area contributed by atoms with Crippen LogP contribution in [0, 0.1) is 0 Å². The minimum absolute atomic E-state index is 0.365. The fraction of sp³-hybridized carbons (Fsp3) is 0.667. The average Bonchev–Trinajstić information content (AvgIpc) is 2.01. The third-order valence-electron chi connectivity index (χ3n) is 1.11. The number of halogens is 5. The van der Waals surface area contributed by atoms with E-state index in [2.05, 4.69) is 16.3 Å². The maximum atomic E-state index is 12.5. The molecule has 0 saturated carbocycles. The zero-order chi connectivity index (χ0) is 11.6. The molecule has 0 N–H and O–H groups in total. The van der Waals surface area contributed by atoms with Crippen LogP contribution in [0.2, 0.25) is 0 Å². The van der Waals surface area contributed by atoms with Crippen molar-refractivity contribution in [1.82, 2.24) is 0 Å². The highest BCUT2D eigenvalue weighted by Gasteiger charge is 2.62. The Bertz CT molecular complexity index is 248. The van der Waals surface area contributed by atoms with Gasteiger partial charge in [0.15, 0.2) is 0 Å². The van der Waals surface area contributed by atoms with Gasteiger partial charge in [-0.05, 0) is 0 Å². The predicted molar refractivity (Wildman–Crippen MR) is 37.1 cm³/mol.